The number of phenols is 1. The highest BCUT2D eigenvalue weighted by Gasteiger charge is 2.09. The number of carbonyl (C=O) groups excluding carboxylic acids is 2. The molecule has 0 aliphatic heterocycles. The van der Waals surface area contributed by atoms with Crippen LogP contribution >= 0.6 is 0 Å². The summed E-state index contributed by atoms with van der Waals surface area (Å²) in [5, 5.41) is 16.0. The summed E-state index contributed by atoms with van der Waals surface area (Å²) >= 11 is 0. The zero-order valence-corrected chi connectivity index (χ0v) is 15.1. The summed E-state index contributed by atoms with van der Waals surface area (Å²) in [7, 11) is 1.55. The Labute approximate surface area is 156 Å². The molecule has 0 unspecified atom stereocenters. The van der Waals surface area contributed by atoms with Crippen LogP contribution in [0.2, 0.25) is 0 Å². The fourth-order valence-corrected chi connectivity index (χ4v) is 2.13. The lowest BCUT2D eigenvalue weighted by atomic mass is 10.2. The Morgan fingerprint density at radius 2 is 1.89 bits per heavy atom. The van der Waals surface area contributed by atoms with E-state index in [1.54, 1.807) is 50.4 Å². The molecule has 0 radical (unpaired) electrons. The van der Waals surface area contributed by atoms with Crippen molar-refractivity contribution in [2.45, 2.75) is 13.3 Å². The molecule has 0 heterocycles. The molecule has 0 aromatic heterocycles. The first-order valence-electron chi connectivity index (χ1n) is 8.23. The molecule has 8 nitrogen and oxygen atoms in total. The lowest BCUT2D eigenvalue weighted by molar-refractivity contribution is -0.126. The van der Waals surface area contributed by atoms with Gasteiger partial charge in [0.05, 0.1) is 19.9 Å². The number of phenolic OH excluding ortho intramolecular Hbond substituents is 1. The SMILES string of the molecule is CCOc1cc(C=NNC(=O)CC(=O)Nc2ccc(OC)cc2)ccc1O. The third kappa shape index (κ3) is 6.35. The van der Waals surface area contributed by atoms with Gasteiger partial charge < -0.3 is 19.9 Å². The van der Waals surface area contributed by atoms with Gasteiger partial charge >= 0.3 is 0 Å². The number of ether oxygens (including phenoxy) is 2. The molecule has 8 heteroatoms. The van der Waals surface area contributed by atoms with Crippen LogP contribution in [0.3, 0.4) is 0 Å². The molecule has 0 spiro atoms. The van der Waals surface area contributed by atoms with E-state index < -0.39 is 11.8 Å². The Morgan fingerprint density at radius 3 is 2.56 bits per heavy atom. The minimum atomic E-state index is -0.555. The van der Waals surface area contributed by atoms with E-state index in [0.717, 1.165) is 0 Å². The molecule has 2 rings (SSSR count). The first-order valence-corrected chi connectivity index (χ1v) is 8.23. The van der Waals surface area contributed by atoms with Crippen LogP contribution in [0.15, 0.2) is 47.6 Å². The van der Waals surface area contributed by atoms with E-state index in [1.807, 2.05) is 0 Å². The summed E-state index contributed by atoms with van der Waals surface area (Å²) in [5.41, 5.74) is 3.46. The zero-order valence-electron chi connectivity index (χ0n) is 15.1. The Bertz CT molecular complexity index is 819. The molecule has 0 bridgehead atoms. The van der Waals surface area contributed by atoms with E-state index in [0.29, 0.717) is 29.4 Å². The smallest absolute Gasteiger partial charge is 0.249 e. The number of amides is 2. The predicted molar refractivity (Wildman–Crippen MR) is 101 cm³/mol. The van der Waals surface area contributed by atoms with Gasteiger partial charge in [-0.2, -0.15) is 5.10 Å². The largest absolute Gasteiger partial charge is 0.504 e. The van der Waals surface area contributed by atoms with Crippen molar-refractivity contribution in [3.63, 3.8) is 0 Å². The molecule has 3 N–H and O–H groups in total. The maximum absolute atomic E-state index is 11.9. The number of benzene rings is 2. The molecule has 2 amide bonds. The number of hydrogen-bond donors (Lipinski definition) is 3. The number of hydrazone groups is 1. The van der Waals surface area contributed by atoms with Crippen LogP contribution in [0, 0.1) is 0 Å². The van der Waals surface area contributed by atoms with Gasteiger partial charge in [-0.05, 0) is 55.0 Å². The lowest BCUT2D eigenvalue weighted by Crippen LogP contribution is -2.24. The van der Waals surface area contributed by atoms with Crippen LogP contribution in [0.25, 0.3) is 0 Å². The number of anilines is 1. The van der Waals surface area contributed by atoms with Crippen molar-refractivity contribution >= 4 is 23.7 Å². The molecule has 0 fully saturated rings. The average Bonchev–Trinajstić information content (AvgIpc) is 2.65. The first-order chi connectivity index (χ1) is 13.0. The van der Waals surface area contributed by atoms with Crippen molar-refractivity contribution in [3.8, 4) is 17.2 Å². The highest BCUT2D eigenvalue weighted by atomic mass is 16.5. The fourth-order valence-electron chi connectivity index (χ4n) is 2.13. The van der Waals surface area contributed by atoms with E-state index in [-0.39, 0.29) is 12.2 Å². The summed E-state index contributed by atoms with van der Waals surface area (Å²) in [5.74, 6) is -0.00103. The number of carbonyl (C=O) groups is 2. The quantitative estimate of drug-likeness (QED) is 0.375. The number of nitrogens with zero attached hydrogens (tertiary/aromatic N) is 1. The van der Waals surface area contributed by atoms with Crippen LogP contribution in [0.4, 0.5) is 5.69 Å². The van der Waals surface area contributed by atoms with Crippen LogP contribution < -0.4 is 20.2 Å². The summed E-state index contributed by atoms with van der Waals surface area (Å²) in [6, 6.07) is 11.4. The Hall–Kier alpha value is -3.55. The maximum Gasteiger partial charge on any atom is 0.249 e. The van der Waals surface area contributed by atoms with Gasteiger partial charge in [-0.1, -0.05) is 0 Å². The van der Waals surface area contributed by atoms with Gasteiger partial charge in [0, 0.05) is 5.69 Å². The summed E-state index contributed by atoms with van der Waals surface area (Å²) in [6.07, 6.45) is 1.02. The van der Waals surface area contributed by atoms with Crippen molar-refractivity contribution in [1.82, 2.24) is 5.43 Å². The van der Waals surface area contributed by atoms with Gasteiger partial charge in [0.25, 0.3) is 0 Å². The topological polar surface area (TPSA) is 109 Å². The van der Waals surface area contributed by atoms with E-state index >= 15 is 0 Å². The van der Waals surface area contributed by atoms with Gasteiger partial charge in [-0.3, -0.25) is 9.59 Å². The van der Waals surface area contributed by atoms with Crippen molar-refractivity contribution in [2.75, 3.05) is 19.0 Å². The normalized spacial score (nSPS) is 10.4. The number of rotatable bonds is 8. The molecular formula is C19H21N3O5. The molecule has 2 aromatic carbocycles. The molecular weight excluding hydrogens is 350 g/mol. The van der Waals surface area contributed by atoms with Crippen LogP contribution in [-0.4, -0.2) is 36.9 Å². The zero-order chi connectivity index (χ0) is 19.6. The fraction of sp³-hybridized carbons (Fsp3) is 0.211. The lowest BCUT2D eigenvalue weighted by Gasteiger charge is -2.06. The minimum Gasteiger partial charge on any atom is -0.504 e. The van der Waals surface area contributed by atoms with Gasteiger partial charge in [-0.15, -0.1) is 0 Å². The molecule has 0 atom stereocenters. The van der Waals surface area contributed by atoms with Crippen molar-refractivity contribution < 1.29 is 24.2 Å². The number of methoxy groups -OCH3 is 1. The number of hydrogen-bond acceptors (Lipinski definition) is 6. The Morgan fingerprint density at radius 1 is 1.15 bits per heavy atom. The summed E-state index contributed by atoms with van der Waals surface area (Å²) in [4.78, 5) is 23.7. The average molecular weight is 371 g/mol. The third-order valence-corrected chi connectivity index (χ3v) is 3.38. The van der Waals surface area contributed by atoms with Crippen LogP contribution in [-0.2, 0) is 9.59 Å². The van der Waals surface area contributed by atoms with E-state index in [1.165, 1.54) is 12.3 Å². The van der Waals surface area contributed by atoms with Gasteiger partial charge in [0.1, 0.15) is 12.2 Å². The second kappa shape index (κ2) is 9.81. The minimum absolute atomic E-state index is 0.0215. The Kier molecular flexibility index (Phi) is 7.18. The third-order valence-electron chi connectivity index (χ3n) is 3.38. The van der Waals surface area contributed by atoms with Crippen molar-refractivity contribution in [1.29, 1.82) is 0 Å². The highest BCUT2D eigenvalue weighted by molar-refractivity contribution is 6.03. The summed E-state index contributed by atoms with van der Waals surface area (Å²) in [6.45, 7) is 2.21. The van der Waals surface area contributed by atoms with Crippen molar-refractivity contribution in [2.24, 2.45) is 5.10 Å². The number of nitrogens with one attached hydrogen (secondary N) is 2. The van der Waals surface area contributed by atoms with Crippen LogP contribution in [0.5, 0.6) is 17.2 Å². The van der Waals surface area contributed by atoms with Gasteiger partial charge in [0.15, 0.2) is 11.5 Å². The van der Waals surface area contributed by atoms with Gasteiger partial charge in [-0.25, -0.2) is 5.43 Å². The highest BCUT2D eigenvalue weighted by Crippen LogP contribution is 2.26. The first kappa shape index (κ1) is 19.8. The molecule has 0 aliphatic rings. The van der Waals surface area contributed by atoms with Crippen LogP contribution in [0.1, 0.15) is 18.9 Å². The monoisotopic (exact) mass is 371 g/mol. The molecule has 2 aromatic rings. The Balaban J connectivity index is 1.83. The number of aromatic hydroxyl groups is 1. The second-order valence-corrected chi connectivity index (χ2v) is 5.41. The molecule has 27 heavy (non-hydrogen) atoms. The van der Waals surface area contributed by atoms with E-state index in [4.69, 9.17) is 9.47 Å². The molecule has 0 saturated carbocycles. The molecule has 0 saturated heterocycles. The van der Waals surface area contributed by atoms with E-state index in [9.17, 15) is 14.7 Å². The second-order valence-electron chi connectivity index (χ2n) is 5.41. The van der Waals surface area contributed by atoms with E-state index in [2.05, 4.69) is 15.8 Å². The predicted octanol–water partition coefficient (Wildman–Crippen LogP) is 2.28. The molecule has 142 valence electrons. The molecule has 0 aliphatic carbocycles. The maximum atomic E-state index is 11.9. The van der Waals surface area contributed by atoms with Gasteiger partial charge in [0.2, 0.25) is 11.8 Å². The standard InChI is InChI=1S/C19H21N3O5/c1-3-27-17-10-13(4-9-16(17)23)12-20-22-19(25)11-18(24)21-14-5-7-15(26-2)8-6-14/h4-10,12,23H,3,11H2,1-2H3,(H,21,24)(H,22,25). The van der Waals surface area contributed by atoms with Crippen molar-refractivity contribution in [3.05, 3.63) is 48.0 Å². The summed E-state index contributed by atoms with van der Waals surface area (Å²) < 4.78 is 10.3.